The monoisotopic (exact) mass is 448 g/mol. The number of rotatable bonds is 3. The lowest BCUT2D eigenvalue weighted by molar-refractivity contribution is -0.119. The Kier molecular flexibility index (Phi) is 5.42. The lowest BCUT2D eigenvalue weighted by Gasteiger charge is -2.35. The number of sulfonamides is 1. The van der Waals surface area contributed by atoms with Gasteiger partial charge in [0.1, 0.15) is 5.82 Å². The number of benzene rings is 1. The molecule has 10 heteroatoms. The van der Waals surface area contributed by atoms with Crippen molar-refractivity contribution in [1.82, 2.24) is 9.88 Å². The van der Waals surface area contributed by atoms with Gasteiger partial charge in [-0.05, 0) is 30.3 Å². The van der Waals surface area contributed by atoms with Crippen LogP contribution in [-0.2, 0) is 14.8 Å². The molecule has 8 nitrogen and oxygen atoms in total. The molecule has 2 saturated heterocycles. The van der Waals surface area contributed by atoms with Gasteiger partial charge in [-0.15, -0.1) is 0 Å². The topological polar surface area (TPSA) is 90.9 Å². The van der Waals surface area contributed by atoms with Crippen molar-refractivity contribution in [3.05, 3.63) is 53.2 Å². The highest BCUT2D eigenvalue weighted by molar-refractivity contribution is 7.94. The highest BCUT2D eigenvalue weighted by atomic mass is 35.5. The van der Waals surface area contributed by atoms with Gasteiger partial charge in [0, 0.05) is 32.4 Å². The minimum absolute atomic E-state index is 0.118. The summed E-state index contributed by atoms with van der Waals surface area (Å²) in [6.07, 6.45) is 1.74. The fourth-order valence-corrected chi connectivity index (χ4v) is 5.81. The van der Waals surface area contributed by atoms with E-state index in [0.29, 0.717) is 26.2 Å². The van der Waals surface area contributed by atoms with Crippen LogP contribution in [0.25, 0.3) is 0 Å². The number of aromatic nitrogens is 1. The highest BCUT2D eigenvalue weighted by Gasteiger charge is 2.42. The number of carbonyl (C=O) groups is 2. The van der Waals surface area contributed by atoms with E-state index in [1.54, 1.807) is 18.0 Å². The van der Waals surface area contributed by atoms with E-state index in [0.717, 1.165) is 10.1 Å². The molecule has 2 aliphatic rings. The van der Waals surface area contributed by atoms with Crippen LogP contribution in [0.1, 0.15) is 17.3 Å². The summed E-state index contributed by atoms with van der Waals surface area (Å²) in [5, 5.41) is 0.118. The van der Waals surface area contributed by atoms with E-state index in [4.69, 9.17) is 11.6 Å². The number of anilines is 2. The molecule has 1 atom stereocenters. The van der Waals surface area contributed by atoms with Crippen LogP contribution in [0.2, 0.25) is 5.02 Å². The molecule has 3 heterocycles. The summed E-state index contributed by atoms with van der Waals surface area (Å²) in [4.78, 5) is 33.4. The number of nitrogens with zero attached hydrogens (tertiary/aromatic N) is 4. The Morgan fingerprint density at radius 1 is 1.13 bits per heavy atom. The molecular weight excluding hydrogens is 428 g/mol. The highest BCUT2D eigenvalue weighted by Crippen LogP contribution is 2.32. The van der Waals surface area contributed by atoms with Crippen molar-refractivity contribution in [3.8, 4) is 0 Å². The van der Waals surface area contributed by atoms with E-state index in [1.807, 2.05) is 18.2 Å². The Labute approximate surface area is 180 Å². The Morgan fingerprint density at radius 2 is 1.87 bits per heavy atom. The average Bonchev–Trinajstić information content (AvgIpc) is 2.94. The first-order valence-electron chi connectivity index (χ1n) is 9.59. The molecule has 2 aromatic rings. The lowest BCUT2D eigenvalue weighted by Crippen LogP contribution is -2.49. The number of carbonyl (C=O) groups excluding carboxylic acids is 2. The number of halogens is 1. The second-order valence-electron chi connectivity index (χ2n) is 7.41. The van der Waals surface area contributed by atoms with Crippen molar-refractivity contribution in [2.24, 2.45) is 5.92 Å². The third-order valence-corrected chi connectivity index (χ3v) is 7.50. The van der Waals surface area contributed by atoms with Gasteiger partial charge in [0.05, 0.1) is 27.9 Å². The number of piperazine rings is 1. The van der Waals surface area contributed by atoms with Crippen LogP contribution in [0.4, 0.5) is 11.5 Å². The molecule has 2 aliphatic heterocycles. The molecule has 158 valence electrons. The Bertz CT molecular complexity index is 1090. The molecule has 0 N–H and O–H groups in total. The van der Waals surface area contributed by atoms with Crippen LogP contribution < -0.4 is 9.21 Å². The average molecular weight is 449 g/mol. The maximum Gasteiger partial charge on any atom is 0.255 e. The summed E-state index contributed by atoms with van der Waals surface area (Å²) in [7, 11) is -3.72. The second-order valence-corrected chi connectivity index (χ2v) is 9.68. The maximum atomic E-state index is 12.9. The normalized spacial score (nSPS) is 21.2. The molecule has 0 saturated carbocycles. The number of pyridine rings is 1. The van der Waals surface area contributed by atoms with Gasteiger partial charge in [0.2, 0.25) is 15.9 Å². The zero-order valence-corrected chi connectivity index (χ0v) is 17.9. The molecule has 2 amide bonds. The van der Waals surface area contributed by atoms with E-state index in [-0.39, 0.29) is 27.9 Å². The molecule has 0 bridgehead atoms. The molecular formula is C20H21ClN4O4S. The van der Waals surface area contributed by atoms with Gasteiger partial charge < -0.3 is 9.80 Å². The van der Waals surface area contributed by atoms with Gasteiger partial charge in [-0.25, -0.2) is 17.7 Å². The first-order valence-corrected chi connectivity index (χ1v) is 11.6. The molecule has 0 unspecified atom stereocenters. The first kappa shape index (κ1) is 20.6. The summed E-state index contributed by atoms with van der Waals surface area (Å²) in [6, 6.07) is 10.0. The largest absolute Gasteiger partial charge is 0.353 e. The number of amides is 2. The van der Waals surface area contributed by atoms with Gasteiger partial charge >= 0.3 is 0 Å². The van der Waals surface area contributed by atoms with Crippen molar-refractivity contribution in [2.75, 3.05) is 41.1 Å². The molecule has 0 aliphatic carbocycles. The predicted octanol–water partition coefficient (Wildman–Crippen LogP) is 2.01. The lowest BCUT2D eigenvalue weighted by atomic mass is 10.1. The Balaban J connectivity index is 1.49. The predicted molar refractivity (Wildman–Crippen MR) is 114 cm³/mol. The van der Waals surface area contributed by atoms with Gasteiger partial charge in [0.15, 0.2) is 0 Å². The van der Waals surface area contributed by atoms with Gasteiger partial charge in [-0.2, -0.15) is 0 Å². The van der Waals surface area contributed by atoms with Crippen LogP contribution in [0.5, 0.6) is 0 Å². The first-order chi connectivity index (χ1) is 14.3. The van der Waals surface area contributed by atoms with Crippen molar-refractivity contribution in [2.45, 2.75) is 6.92 Å². The minimum Gasteiger partial charge on any atom is -0.353 e. The quantitative estimate of drug-likeness (QED) is 0.713. The van der Waals surface area contributed by atoms with E-state index >= 15 is 0 Å². The van der Waals surface area contributed by atoms with E-state index in [2.05, 4.69) is 9.88 Å². The molecule has 30 heavy (non-hydrogen) atoms. The molecule has 0 radical (unpaired) electrons. The third-order valence-electron chi connectivity index (χ3n) is 5.32. The fourth-order valence-electron chi connectivity index (χ4n) is 3.74. The summed E-state index contributed by atoms with van der Waals surface area (Å²) in [5.41, 5.74) is 0.440. The Hall–Kier alpha value is -2.65. The zero-order valence-electron chi connectivity index (χ0n) is 16.4. The van der Waals surface area contributed by atoms with Crippen LogP contribution in [0.15, 0.2) is 42.6 Å². The van der Waals surface area contributed by atoms with Gasteiger partial charge in [-0.3, -0.25) is 9.59 Å². The summed E-state index contributed by atoms with van der Waals surface area (Å²) in [5.74, 6) is -0.680. The van der Waals surface area contributed by atoms with Gasteiger partial charge in [0.25, 0.3) is 5.91 Å². The van der Waals surface area contributed by atoms with Crippen LogP contribution in [0.3, 0.4) is 0 Å². The maximum absolute atomic E-state index is 12.9. The smallest absolute Gasteiger partial charge is 0.255 e. The number of hydrogen-bond donors (Lipinski definition) is 0. The van der Waals surface area contributed by atoms with Gasteiger partial charge in [-0.1, -0.05) is 24.6 Å². The molecule has 2 fully saturated rings. The second kappa shape index (κ2) is 7.88. The van der Waals surface area contributed by atoms with Crippen LogP contribution >= 0.6 is 11.6 Å². The van der Waals surface area contributed by atoms with Crippen molar-refractivity contribution in [3.63, 3.8) is 0 Å². The van der Waals surface area contributed by atoms with Crippen molar-refractivity contribution >= 4 is 44.9 Å². The standard InChI is InChI=1S/C20H21ClN4O4S/c1-14-13-30(28,29)25(19(14)26)15-5-6-16(17(21)12-15)20(27)24-10-8-23(9-11-24)18-4-2-3-7-22-18/h2-7,12,14H,8-11,13H2,1H3/t14-/m0/s1. The molecule has 1 aromatic heterocycles. The van der Waals surface area contributed by atoms with Crippen molar-refractivity contribution < 1.29 is 18.0 Å². The van der Waals surface area contributed by atoms with E-state index < -0.39 is 21.8 Å². The van der Waals surface area contributed by atoms with Crippen LogP contribution in [-0.4, -0.2) is 62.0 Å². The minimum atomic E-state index is -3.72. The van der Waals surface area contributed by atoms with E-state index in [1.165, 1.54) is 18.2 Å². The fraction of sp³-hybridized carbons (Fsp3) is 0.350. The molecule has 1 aromatic carbocycles. The summed E-state index contributed by atoms with van der Waals surface area (Å²) < 4.78 is 25.4. The van der Waals surface area contributed by atoms with Crippen molar-refractivity contribution in [1.29, 1.82) is 0 Å². The van der Waals surface area contributed by atoms with Crippen LogP contribution in [0, 0.1) is 5.92 Å². The Morgan fingerprint density at radius 3 is 2.43 bits per heavy atom. The number of hydrogen-bond acceptors (Lipinski definition) is 6. The zero-order chi connectivity index (χ0) is 21.5. The van der Waals surface area contributed by atoms with E-state index in [9.17, 15) is 18.0 Å². The third kappa shape index (κ3) is 3.75. The summed E-state index contributed by atoms with van der Waals surface area (Å²) >= 11 is 6.32. The molecule has 4 rings (SSSR count). The summed E-state index contributed by atoms with van der Waals surface area (Å²) in [6.45, 7) is 3.91. The SMILES string of the molecule is C[C@H]1CS(=O)(=O)N(c2ccc(C(=O)N3CCN(c4ccccn4)CC3)c(Cl)c2)C1=O. The molecule has 0 spiro atoms.